The number of rotatable bonds is 9. The highest BCUT2D eigenvalue weighted by atomic mass is 32.2. The molecule has 2 aromatic heterocycles. The Morgan fingerprint density at radius 2 is 2.06 bits per heavy atom. The molecule has 0 saturated heterocycles. The predicted octanol–water partition coefficient (Wildman–Crippen LogP) is 3.66. The van der Waals surface area contributed by atoms with Crippen molar-refractivity contribution < 1.29 is 14.3 Å². The van der Waals surface area contributed by atoms with Gasteiger partial charge in [0.15, 0.2) is 5.16 Å². The van der Waals surface area contributed by atoms with Crippen molar-refractivity contribution in [2.75, 3.05) is 20.0 Å². The van der Waals surface area contributed by atoms with Crippen molar-refractivity contribution in [3.63, 3.8) is 0 Å². The summed E-state index contributed by atoms with van der Waals surface area (Å²) in [7, 11) is 3.21. The number of benzene rings is 1. The van der Waals surface area contributed by atoms with E-state index >= 15 is 0 Å². The van der Waals surface area contributed by atoms with E-state index in [-0.39, 0.29) is 17.7 Å². The maximum Gasteiger partial charge on any atom is 0.230 e. The zero-order chi connectivity index (χ0) is 22.4. The van der Waals surface area contributed by atoms with Gasteiger partial charge in [-0.15, -0.1) is 0 Å². The standard InChI is InChI=1S/C22H27N5O3S/c1-6-27-12-18(15(3)26-27)19-9-10-23-22(25-19)31-13-21(28)24-14(2)17-11-16(29-4)7-8-20(17)30-5/h7-12,14H,6,13H2,1-5H3,(H,24,28). The number of hydrogen-bond acceptors (Lipinski definition) is 7. The van der Waals surface area contributed by atoms with E-state index in [2.05, 4.69) is 20.4 Å². The minimum atomic E-state index is -0.243. The van der Waals surface area contributed by atoms with Gasteiger partial charge in [0.2, 0.25) is 5.91 Å². The summed E-state index contributed by atoms with van der Waals surface area (Å²) in [5.74, 6) is 1.48. The quantitative estimate of drug-likeness (QED) is 0.400. The minimum Gasteiger partial charge on any atom is -0.497 e. The Bertz CT molecular complexity index is 1050. The average molecular weight is 442 g/mol. The normalized spacial score (nSPS) is 11.8. The van der Waals surface area contributed by atoms with E-state index in [0.717, 1.165) is 29.1 Å². The first-order valence-electron chi connectivity index (χ1n) is 9.96. The fourth-order valence-electron chi connectivity index (χ4n) is 3.16. The average Bonchev–Trinajstić information content (AvgIpc) is 3.18. The zero-order valence-electron chi connectivity index (χ0n) is 18.4. The van der Waals surface area contributed by atoms with E-state index in [1.807, 2.05) is 55.9 Å². The summed E-state index contributed by atoms with van der Waals surface area (Å²) in [6.45, 7) is 6.70. The van der Waals surface area contributed by atoms with Crippen molar-refractivity contribution in [2.45, 2.75) is 38.5 Å². The maximum absolute atomic E-state index is 12.5. The second-order valence-electron chi connectivity index (χ2n) is 6.89. The molecule has 2 heterocycles. The van der Waals surface area contributed by atoms with Crippen molar-refractivity contribution in [1.29, 1.82) is 0 Å². The number of aryl methyl sites for hydroxylation is 2. The number of carbonyl (C=O) groups excluding carboxylic acids is 1. The van der Waals surface area contributed by atoms with Gasteiger partial charge in [-0.05, 0) is 45.0 Å². The summed E-state index contributed by atoms with van der Waals surface area (Å²) in [4.78, 5) is 21.4. The topological polar surface area (TPSA) is 91.2 Å². The number of thioether (sulfide) groups is 1. The smallest absolute Gasteiger partial charge is 0.230 e. The number of hydrogen-bond donors (Lipinski definition) is 1. The molecule has 1 aromatic carbocycles. The highest BCUT2D eigenvalue weighted by Crippen LogP contribution is 2.29. The monoisotopic (exact) mass is 441 g/mol. The SMILES string of the molecule is CCn1cc(-c2ccnc(SCC(=O)NC(C)c3cc(OC)ccc3OC)n2)c(C)n1. The molecule has 3 rings (SSSR count). The van der Waals surface area contributed by atoms with E-state index in [1.165, 1.54) is 11.8 Å². The molecule has 1 amide bonds. The number of carbonyl (C=O) groups is 1. The summed E-state index contributed by atoms with van der Waals surface area (Å²) >= 11 is 1.29. The van der Waals surface area contributed by atoms with Gasteiger partial charge in [-0.2, -0.15) is 5.10 Å². The number of nitrogens with zero attached hydrogens (tertiary/aromatic N) is 4. The number of nitrogens with one attached hydrogen (secondary N) is 1. The van der Waals surface area contributed by atoms with Crippen LogP contribution in [0.4, 0.5) is 0 Å². The molecule has 1 atom stereocenters. The Morgan fingerprint density at radius 1 is 1.26 bits per heavy atom. The van der Waals surface area contributed by atoms with Gasteiger partial charge >= 0.3 is 0 Å². The van der Waals surface area contributed by atoms with Crippen LogP contribution in [0, 0.1) is 6.92 Å². The number of ether oxygens (including phenoxy) is 2. The lowest BCUT2D eigenvalue weighted by Gasteiger charge is -2.18. The Hall–Kier alpha value is -3.07. The molecule has 164 valence electrons. The van der Waals surface area contributed by atoms with Crippen LogP contribution in [0.3, 0.4) is 0 Å². The minimum absolute atomic E-state index is 0.119. The first-order valence-corrected chi connectivity index (χ1v) is 10.9. The van der Waals surface area contributed by atoms with Gasteiger partial charge in [-0.1, -0.05) is 11.8 Å². The number of methoxy groups -OCH3 is 2. The molecule has 0 saturated carbocycles. The molecule has 31 heavy (non-hydrogen) atoms. The molecule has 0 fully saturated rings. The van der Waals surface area contributed by atoms with E-state index < -0.39 is 0 Å². The van der Waals surface area contributed by atoms with Gasteiger partial charge in [-0.25, -0.2) is 9.97 Å². The third kappa shape index (κ3) is 5.55. The Labute approximate surface area is 186 Å². The Morgan fingerprint density at radius 3 is 2.74 bits per heavy atom. The first kappa shape index (κ1) is 22.6. The van der Waals surface area contributed by atoms with Gasteiger partial charge in [-0.3, -0.25) is 9.48 Å². The molecule has 9 heteroatoms. The van der Waals surface area contributed by atoms with Crippen molar-refractivity contribution in [3.8, 4) is 22.8 Å². The lowest BCUT2D eigenvalue weighted by Crippen LogP contribution is -2.28. The van der Waals surface area contributed by atoms with Crippen molar-refractivity contribution in [3.05, 3.63) is 47.9 Å². The highest BCUT2D eigenvalue weighted by Gasteiger charge is 2.16. The fraction of sp³-hybridized carbons (Fsp3) is 0.364. The molecule has 1 unspecified atom stereocenters. The van der Waals surface area contributed by atoms with Crippen LogP contribution in [0.1, 0.15) is 31.1 Å². The highest BCUT2D eigenvalue weighted by molar-refractivity contribution is 7.99. The van der Waals surface area contributed by atoms with Crippen molar-refractivity contribution in [2.24, 2.45) is 0 Å². The maximum atomic E-state index is 12.5. The zero-order valence-corrected chi connectivity index (χ0v) is 19.2. The first-order chi connectivity index (χ1) is 14.9. The molecular weight excluding hydrogens is 414 g/mol. The summed E-state index contributed by atoms with van der Waals surface area (Å²) in [5.41, 5.74) is 3.52. The largest absolute Gasteiger partial charge is 0.497 e. The van der Waals surface area contributed by atoms with Gasteiger partial charge in [0.1, 0.15) is 11.5 Å². The van der Waals surface area contributed by atoms with Crippen LogP contribution in [0.25, 0.3) is 11.3 Å². The molecule has 8 nitrogen and oxygen atoms in total. The van der Waals surface area contributed by atoms with Crippen LogP contribution in [0.15, 0.2) is 41.8 Å². The molecule has 0 aliphatic carbocycles. The molecule has 0 aliphatic heterocycles. The third-order valence-electron chi connectivity index (χ3n) is 4.79. The third-order valence-corrected chi connectivity index (χ3v) is 5.65. The molecule has 0 spiro atoms. The summed E-state index contributed by atoms with van der Waals surface area (Å²) in [5, 5.41) is 8.00. The van der Waals surface area contributed by atoms with Crippen LogP contribution < -0.4 is 14.8 Å². The fourth-order valence-corrected chi connectivity index (χ4v) is 3.80. The van der Waals surface area contributed by atoms with Crippen LogP contribution in [-0.4, -0.2) is 45.6 Å². The summed E-state index contributed by atoms with van der Waals surface area (Å²) in [6, 6.07) is 7.12. The lowest BCUT2D eigenvalue weighted by atomic mass is 10.1. The van der Waals surface area contributed by atoms with Crippen molar-refractivity contribution in [1.82, 2.24) is 25.1 Å². The van der Waals surface area contributed by atoms with Gasteiger partial charge < -0.3 is 14.8 Å². The second-order valence-corrected chi connectivity index (χ2v) is 7.84. The van der Waals surface area contributed by atoms with E-state index in [0.29, 0.717) is 16.7 Å². The molecule has 3 aromatic rings. The van der Waals surface area contributed by atoms with Crippen LogP contribution in [-0.2, 0) is 11.3 Å². The van der Waals surface area contributed by atoms with E-state index in [4.69, 9.17) is 9.47 Å². The second kappa shape index (κ2) is 10.3. The number of amides is 1. The van der Waals surface area contributed by atoms with Crippen molar-refractivity contribution >= 4 is 17.7 Å². The molecular formula is C22H27N5O3S. The Kier molecular flexibility index (Phi) is 7.51. The molecule has 0 aliphatic rings. The number of aromatic nitrogens is 4. The van der Waals surface area contributed by atoms with Gasteiger partial charge in [0, 0.05) is 30.1 Å². The summed E-state index contributed by atoms with van der Waals surface area (Å²) < 4.78 is 12.6. The van der Waals surface area contributed by atoms with Crippen LogP contribution >= 0.6 is 11.8 Å². The van der Waals surface area contributed by atoms with Gasteiger partial charge in [0.05, 0.1) is 37.4 Å². The van der Waals surface area contributed by atoms with E-state index in [1.54, 1.807) is 20.4 Å². The lowest BCUT2D eigenvalue weighted by molar-refractivity contribution is -0.119. The predicted molar refractivity (Wildman–Crippen MR) is 120 cm³/mol. The van der Waals surface area contributed by atoms with Crippen LogP contribution in [0.5, 0.6) is 11.5 Å². The molecule has 0 bridgehead atoms. The van der Waals surface area contributed by atoms with E-state index in [9.17, 15) is 4.79 Å². The van der Waals surface area contributed by atoms with Crippen LogP contribution in [0.2, 0.25) is 0 Å². The summed E-state index contributed by atoms with van der Waals surface area (Å²) in [6.07, 6.45) is 3.68. The Balaban J connectivity index is 1.64. The molecule has 1 N–H and O–H groups in total. The van der Waals surface area contributed by atoms with Gasteiger partial charge in [0.25, 0.3) is 0 Å². The molecule has 0 radical (unpaired) electrons.